The van der Waals surface area contributed by atoms with Crippen LogP contribution in [0.3, 0.4) is 0 Å². The summed E-state index contributed by atoms with van der Waals surface area (Å²) in [6, 6.07) is 31.0. The molecule has 3 aromatic rings. The quantitative estimate of drug-likeness (QED) is 0.614. The van der Waals surface area contributed by atoms with E-state index < -0.39 is 0 Å². The van der Waals surface area contributed by atoms with Gasteiger partial charge in [-0.1, -0.05) is 78.9 Å². The van der Waals surface area contributed by atoms with Gasteiger partial charge in [-0.2, -0.15) is 0 Å². The maximum absolute atomic E-state index is 3.15. The molecule has 0 nitrogen and oxygen atoms in total. The van der Waals surface area contributed by atoms with Gasteiger partial charge >= 0.3 is 0 Å². The predicted octanol–water partition coefficient (Wildman–Crippen LogP) is 5.17. The zero-order valence-electron chi connectivity index (χ0n) is 12.3. The summed E-state index contributed by atoms with van der Waals surface area (Å²) in [7, 11) is 0. The molecule has 0 saturated carbocycles. The van der Waals surface area contributed by atoms with Crippen LogP contribution in [0.5, 0.6) is 0 Å². The fourth-order valence-corrected chi connectivity index (χ4v) is 2.79. The Bertz CT molecular complexity index is 644. The van der Waals surface area contributed by atoms with Crippen LogP contribution in [-0.2, 0) is 6.42 Å². The first-order valence-electron chi connectivity index (χ1n) is 7.40. The highest BCUT2D eigenvalue weighted by molar-refractivity contribution is 5.36. The summed E-state index contributed by atoms with van der Waals surface area (Å²) in [6.45, 7) is 2.17. The van der Waals surface area contributed by atoms with Gasteiger partial charge in [0.25, 0.3) is 0 Å². The number of aryl methyl sites for hydroxylation is 1. The van der Waals surface area contributed by atoms with Crippen molar-refractivity contribution in [3.8, 4) is 0 Å². The molecular weight excluding hydrogens is 252 g/mol. The molecule has 0 fully saturated rings. The number of hydrogen-bond donors (Lipinski definition) is 0. The van der Waals surface area contributed by atoms with Crippen molar-refractivity contribution in [2.45, 2.75) is 19.3 Å². The molecular formula is C21H19. The van der Waals surface area contributed by atoms with Crippen molar-refractivity contribution in [2.75, 3.05) is 0 Å². The van der Waals surface area contributed by atoms with Crippen LogP contribution in [0.2, 0.25) is 0 Å². The summed E-state index contributed by atoms with van der Waals surface area (Å²) < 4.78 is 0. The van der Waals surface area contributed by atoms with Gasteiger partial charge in [-0.05, 0) is 41.7 Å². The van der Waals surface area contributed by atoms with E-state index in [0.717, 1.165) is 6.42 Å². The number of rotatable bonds is 4. The van der Waals surface area contributed by atoms with Crippen molar-refractivity contribution >= 4 is 0 Å². The Labute approximate surface area is 127 Å². The van der Waals surface area contributed by atoms with Crippen molar-refractivity contribution in [1.82, 2.24) is 0 Å². The van der Waals surface area contributed by atoms with Gasteiger partial charge in [-0.3, -0.25) is 0 Å². The second kappa shape index (κ2) is 6.41. The second-order valence-electron chi connectivity index (χ2n) is 5.43. The normalized spacial score (nSPS) is 10.8. The summed E-state index contributed by atoms with van der Waals surface area (Å²) in [4.78, 5) is 0. The topological polar surface area (TPSA) is 0 Å². The Kier molecular flexibility index (Phi) is 4.16. The molecule has 0 heteroatoms. The zero-order valence-corrected chi connectivity index (χ0v) is 12.3. The van der Waals surface area contributed by atoms with E-state index in [-0.39, 0.29) is 0 Å². The molecule has 103 valence electrons. The van der Waals surface area contributed by atoms with Crippen LogP contribution in [0.1, 0.15) is 28.2 Å². The van der Waals surface area contributed by atoms with Gasteiger partial charge in [-0.25, -0.2) is 0 Å². The Balaban J connectivity index is 1.99. The molecule has 1 radical (unpaired) electrons. The Hall–Kier alpha value is -2.34. The molecule has 0 saturated heterocycles. The summed E-state index contributed by atoms with van der Waals surface area (Å²) in [5, 5.41) is 0. The number of benzene rings is 3. The molecule has 0 unspecified atom stereocenters. The summed E-state index contributed by atoms with van der Waals surface area (Å²) in [5.41, 5.74) is 5.45. The monoisotopic (exact) mass is 271 g/mol. The predicted molar refractivity (Wildman–Crippen MR) is 88.4 cm³/mol. The molecule has 0 aliphatic rings. The molecule has 3 aromatic carbocycles. The molecule has 0 spiro atoms. The van der Waals surface area contributed by atoms with Crippen LogP contribution in [0.15, 0.2) is 78.9 Å². The fourth-order valence-electron chi connectivity index (χ4n) is 2.79. The molecule has 21 heavy (non-hydrogen) atoms. The first-order valence-corrected chi connectivity index (χ1v) is 7.40. The second-order valence-corrected chi connectivity index (χ2v) is 5.43. The Morgan fingerprint density at radius 1 is 0.810 bits per heavy atom. The van der Waals surface area contributed by atoms with Crippen molar-refractivity contribution in [1.29, 1.82) is 0 Å². The minimum atomic E-state index is 0.397. The number of hydrogen-bond acceptors (Lipinski definition) is 0. The van der Waals surface area contributed by atoms with E-state index in [1.54, 1.807) is 0 Å². The maximum atomic E-state index is 3.15. The average Bonchev–Trinajstić information content (AvgIpc) is 2.56. The Morgan fingerprint density at radius 2 is 1.38 bits per heavy atom. The van der Waals surface area contributed by atoms with Crippen LogP contribution >= 0.6 is 0 Å². The van der Waals surface area contributed by atoms with Crippen LogP contribution in [0.25, 0.3) is 0 Å². The van der Waals surface area contributed by atoms with Gasteiger partial charge in [0.1, 0.15) is 0 Å². The highest BCUT2D eigenvalue weighted by Crippen LogP contribution is 2.29. The van der Waals surface area contributed by atoms with Crippen molar-refractivity contribution in [3.63, 3.8) is 0 Å². The first kappa shape index (κ1) is 13.6. The van der Waals surface area contributed by atoms with Gasteiger partial charge < -0.3 is 0 Å². The standard InChI is InChI=1S/C21H19/c1-17-10-8-9-15-20(17)16-21(18-11-4-2-5-12-18)19-13-6-3-7-14-19/h2-7,9-15,21H,16H2,1H3. The van der Waals surface area contributed by atoms with Gasteiger partial charge in [0.05, 0.1) is 0 Å². The van der Waals surface area contributed by atoms with E-state index in [4.69, 9.17) is 0 Å². The van der Waals surface area contributed by atoms with Crippen molar-refractivity contribution < 1.29 is 0 Å². The minimum absolute atomic E-state index is 0.397. The molecule has 0 amide bonds. The van der Waals surface area contributed by atoms with Crippen LogP contribution < -0.4 is 0 Å². The average molecular weight is 271 g/mol. The smallest absolute Gasteiger partial charge is 0.0130 e. The van der Waals surface area contributed by atoms with E-state index in [1.807, 2.05) is 6.07 Å². The molecule has 0 N–H and O–H groups in total. The molecule has 3 rings (SSSR count). The van der Waals surface area contributed by atoms with Gasteiger partial charge in [0.2, 0.25) is 0 Å². The lowest BCUT2D eigenvalue weighted by molar-refractivity contribution is 0.800. The highest BCUT2D eigenvalue weighted by Gasteiger charge is 2.15. The van der Waals surface area contributed by atoms with Crippen molar-refractivity contribution in [2.24, 2.45) is 0 Å². The zero-order chi connectivity index (χ0) is 14.5. The lowest BCUT2D eigenvalue weighted by Gasteiger charge is -2.19. The van der Waals surface area contributed by atoms with Crippen molar-refractivity contribution in [3.05, 3.63) is 107 Å². The lowest BCUT2D eigenvalue weighted by Crippen LogP contribution is -2.06. The third kappa shape index (κ3) is 3.22. The van der Waals surface area contributed by atoms with E-state index in [0.29, 0.717) is 5.92 Å². The Morgan fingerprint density at radius 3 is 1.90 bits per heavy atom. The summed E-state index contributed by atoms with van der Waals surface area (Å²) in [6.07, 6.45) is 1.02. The van der Waals surface area contributed by atoms with Crippen LogP contribution in [0, 0.1) is 13.0 Å². The van der Waals surface area contributed by atoms with E-state index >= 15 is 0 Å². The fraction of sp³-hybridized carbons (Fsp3) is 0.143. The lowest BCUT2D eigenvalue weighted by atomic mass is 9.85. The molecule has 0 heterocycles. The molecule has 0 atom stereocenters. The molecule has 0 aliphatic heterocycles. The SMILES string of the molecule is Cc1c[c]ccc1CC(c1ccccc1)c1ccccc1. The van der Waals surface area contributed by atoms with Crippen LogP contribution in [0.4, 0.5) is 0 Å². The van der Waals surface area contributed by atoms with Gasteiger partial charge in [-0.15, -0.1) is 0 Å². The third-order valence-electron chi connectivity index (χ3n) is 4.02. The summed E-state index contributed by atoms with van der Waals surface area (Å²) in [5.74, 6) is 0.397. The molecule has 0 bridgehead atoms. The first-order chi connectivity index (χ1) is 10.3. The van der Waals surface area contributed by atoms with Gasteiger partial charge in [0.15, 0.2) is 0 Å². The highest BCUT2D eigenvalue weighted by atomic mass is 14.2. The van der Waals surface area contributed by atoms with E-state index in [1.165, 1.54) is 22.3 Å². The van der Waals surface area contributed by atoms with Gasteiger partial charge in [0, 0.05) is 5.92 Å². The largest absolute Gasteiger partial charge is 0.0622 e. The van der Waals surface area contributed by atoms with E-state index in [9.17, 15) is 0 Å². The minimum Gasteiger partial charge on any atom is -0.0622 e. The molecule has 0 aromatic heterocycles. The maximum Gasteiger partial charge on any atom is 0.0130 e. The molecule has 0 aliphatic carbocycles. The third-order valence-corrected chi connectivity index (χ3v) is 4.02. The summed E-state index contributed by atoms with van der Waals surface area (Å²) >= 11 is 0. The van der Waals surface area contributed by atoms with Crippen LogP contribution in [-0.4, -0.2) is 0 Å². The van der Waals surface area contributed by atoms with E-state index in [2.05, 4.69) is 85.8 Å².